The number of nitrogens with two attached hydrogens (primary N) is 1. The number of carbonyl (C=O) groups is 1. The summed E-state index contributed by atoms with van der Waals surface area (Å²) in [6.45, 7) is 2.75. The number of halogens is 1. The molecule has 0 fully saturated rings. The van der Waals surface area contributed by atoms with Crippen LogP contribution in [0.1, 0.15) is 38.2 Å². The van der Waals surface area contributed by atoms with E-state index in [1.165, 1.54) is 7.11 Å². The van der Waals surface area contributed by atoms with Gasteiger partial charge in [0.05, 0.1) is 7.11 Å². The SMILES string of the molecule is CCC(CCN)CCC(=O)Cc1cccc(OC)c1F. The molecule has 0 amide bonds. The normalized spacial score (nSPS) is 12.2. The molecule has 0 aliphatic heterocycles. The van der Waals surface area contributed by atoms with Crippen LogP contribution in [0.4, 0.5) is 4.39 Å². The standard InChI is InChI=1S/C16H24FNO2/c1-3-12(9-10-18)7-8-14(19)11-13-5-4-6-15(20-2)16(13)17/h4-6,12H,3,7-11,18H2,1-2H3. The molecule has 0 aliphatic rings. The summed E-state index contributed by atoms with van der Waals surface area (Å²) in [5.41, 5.74) is 5.94. The Morgan fingerprint density at radius 3 is 2.75 bits per heavy atom. The molecule has 20 heavy (non-hydrogen) atoms. The van der Waals surface area contributed by atoms with E-state index >= 15 is 0 Å². The molecule has 4 heteroatoms. The molecule has 1 atom stereocenters. The molecule has 1 unspecified atom stereocenters. The van der Waals surface area contributed by atoms with Gasteiger partial charge < -0.3 is 10.5 Å². The monoisotopic (exact) mass is 281 g/mol. The number of ether oxygens (including phenoxy) is 1. The minimum absolute atomic E-state index is 0.0626. The van der Waals surface area contributed by atoms with E-state index in [4.69, 9.17) is 10.5 Å². The zero-order valence-corrected chi connectivity index (χ0v) is 12.3. The average Bonchev–Trinajstić information content (AvgIpc) is 2.45. The van der Waals surface area contributed by atoms with E-state index in [0.29, 0.717) is 24.4 Å². The van der Waals surface area contributed by atoms with Crippen molar-refractivity contribution in [3.05, 3.63) is 29.6 Å². The van der Waals surface area contributed by atoms with E-state index in [1.54, 1.807) is 18.2 Å². The van der Waals surface area contributed by atoms with E-state index in [9.17, 15) is 9.18 Å². The van der Waals surface area contributed by atoms with E-state index in [1.807, 2.05) is 0 Å². The number of ketones is 1. The van der Waals surface area contributed by atoms with Gasteiger partial charge in [-0.15, -0.1) is 0 Å². The van der Waals surface area contributed by atoms with Crippen LogP contribution in [0.2, 0.25) is 0 Å². The van der Waals surface area contributed by atoms with Gasteiger partial charge in [0.1, 0.15) is 5.78 Å². The molecule has 1 aromatic rings. The number of hydrogen-bond acceptors (Lipinski definition) is 3. The quantitative estimate of drug-likeness (QED) is 0.756. The van der Waals surface area contributed by atoms with Crippen molar-refractivity contribution in [3.63, 3.8) is 0 Å². The zero-order chi connectivity index (χ0) is 15.0. The molecule has 0 aliphatic carbocycles. The Morgan fingerprint density at radius 1 is 1.40 bits per heavy atom. The Kier molecular flexibility index (Phi) is 7.23. The lowest BCUT2D eigenvalue weighted by atomic mass is 9.94. The fourth-order valence-corrected chi connectivity index (χ4v) is 2.30. The maximum atomic E-state index is 13.9. The topological polar surface area (TPSA) is 52.3 Å². The van der Waals surface area contributed by atoms with Gasteiger partial charge in [-0.3, -0.25) is 4.79 Å². The van der Waals surface area contributed by atoms with Gasteiger partial charge in [-0.2, -0.15) is 0 Å². The first-order valence-electron chi connectivity index (χ1n) is 7.15. The molecule has 112 valence electrons. The van der Waals surface area contributed by atoms with Crippen LogP contribution in [-0.2, 0) is 11.2 Å². The van der Waals surface area contributed by atoms with Gasteiger partial charge in [-0.25, -0.2) is 4.39 Å². The van der Waals surface area contributed by atoms with Crippen molar-refractivity contribution in [3.8, 4) is 5.75 Å². The van der Waals surface area contributed by atoms with Crippen molar-refractivity contribution in [1.82, 2.24) is 0 Å². The Morgan fingerprint density at radius 2 is 2.15 bits per heavy atom. The number of rotatable bonds is 9. The number of hydrogen-bond donors (Lipinski definition) is 1. The van der Waals surface area contributed by atoms with Gasteiger partial charge in [-0.05, 0) is 36.9 Å². The summed E-state index contributed by atoms with van der Waals surface area (Å²) in [5.74, 6) is 0.300. The Bertz CT molecular complexity index is 434. The van der Waals surface area contributed by atoms with Gasteiger partial charge in [0.2, 0.25) is 0 Å². The molecule has 1 aromatic carbocycles. The van der Waals surface area contributed by atoms with Crippen molar-refractivity contribution in [2.45, 2.75) is 39.0 Å². The predicted molar refractivity (Wildman–Crippen MR) is 78.3 cm³/mol. The third kappa shape index (κ3) is 4.93. The largest absolute Gasteiger partial charge is 0.494 e. The van der Waals surface area contributed by atoms with Crippen LogP contribution in [-0.4, -0.2) is 19.4 Å². The van der Waals surface area contributed by atoms with Crippen LogP contribution in [0.15, 0.2) is 18.2 Å². The van der Waals surface area contributed by atoms with Crippen LogP contribution in [0.3, 0.4) is 0 Å². The Hall–Kier alpha value is -1.42. The minimum atomic E-state index is -0.433. The summed E-state index contributed by atoms with van der Waals surface area (Å²) in [4.78, 5) is 12.0. The fraction of sp³-hybridized carbons (Fsp3) is 0.562. The molecule has 0 radical (unpaired) electrons. The molecule has 2 N–H and O–H groups in total. The van der Waals surface area contributed by atoms with Gasteiger partial charge >= 0.3 is 0 Å². The highest BCUT2D eigenvalue weighted by Crippen LogP contribution is 2.21. The van der Waals surface area contributed by atoms with E-state index in [-0.39, 0.29) is 18.0 Å². The molecular weight excluding hydrogens is 257 g/mol. The predicted octanol–water partition coefficient (Wildman–Crippen LogP) is 3.10. The summed E-state index contributed by atoms with van der Waals surface area (Å²) in [5, 5.41) is 0. The van der Waals surface area contributed by atoms with Crippen molar-refractivity contribution in [1.29, 1.82) is 0 Å². The maximum Gasteiger partial charge on any atom is 0.168 e. The molecule has 0 aromatic heterocycles. The first-order valence-corrected chi connectivity index (χ1v) is 7.15. The second kappa shape index (κ2) is 8.69. The minimum Gasteiger partial charge on any atom is -0.494 e. The van der Waals surface area contributed by atoms with E-state index in [0.717, 1.165) is 19.3 Å². The van der Waals surface area contributed by atoms with E-state index < -0.39 is 5.82 Å². The molecule has 0 saturated heterocycles. The number of carbonyl (C=O) groups excluding carboxylic acids is 1. The molecule has 1 rings (SSSR count). The molecule has 0 spiro atoms. The van der Waals surface area contributed by atoms with Crippen LogP contribution in [0.5, 0.6) is 5.75 Å². The summed E-state index contributed by atoms with van der Waals surface area (Å²) in [7, 11) is 1.42. The Labute approximate surface area is 120 Å². The van der Waals surface area contributed by atoms with Gasteiger partial charge in [0.15, 0.2) is 11.6 Å². The van der Waals surface area contributed by atoms with Crippen molar-refractivity contribution >= 4 is 5.78 Å². The van der Waals surface area contributed by atoms with Crippen molar-refractivity contribution in [2.24, 2.45) is 11.7 Å². The van der Waals surface area contributed by atoms with Crippen LogP contribution >= 0.6 is 0 Å². The van der Waals surface area contributed by atoms with Crippen molar-refractivity contribution < 1.29 is 13.9 Å². The second-order valence-corrected chi connectivity index (χ2v) is 5.04. The Balaban J connectivity index is 2.54. The number of methoxy groups -OCH3 is 1. The molecule has 0 saturated carbocycles. The lowest BCUT2D eigenvalue weighted by molar-refractivity contribution is -0.118. The lowest BCUT2D eigenvalue weighted by Gasteiger charge is -2.13. The molecule has 3 nitrogen and oxygen atoms in total. The van der Waals surface area contributed by atoms with Crippen LogP contribution < -0.4 is 10.5 Å². The van der Waals surface area contributed by atoms with Gasteiger partial charge in [0.25, 0.3) is 0 Å². The highest BCUT2D eigenvalue weighted by atomic mass is 19.1. The zero-order valence-electron chi connectivity index (χ0n) is 12.3. The summed E-state index contributed by atoms with van der Waals surface area (Å²) in [6.07, 6.45) is 3.41. The van der Waals surface area contributed by atoms with Crippen LogP contribution in [0, 0.1) is 11.7 Å². The smallest absolute Gasteiger partial charge is 0.168 e. The summed E-state index contributed by atoms with van der Waals surface area (Å²) >= 11 is 0. The number of Topliss-reactive ketones (excluding diaryl/α,β-unsaturated/α-hetero) is 1. The molecule has 0 heterocycles. The van der Waals surface area contributed by atoms with Crippen molar-refractivity contribution in [2.75, 3.05) is 13.7 Å². The molecular formula is C16H24FNO2. The van der Waals surface area contributed by atoms with Gasteiger partial charge in [0, 0.05) is 12.8 Å². The average molecular weight is 281 g/mol. The maximum absolute atomic E-state index is 13.9. The van der Waals surface area contributed by atoms with Crippen LogP contribution in [0.25, 0.3) is 0 Å². The summed E-state index contributed by atoms with van der Waals surface area (Å²) in [6, 6.07) is 4.89. The first-order chi connectivity index (χ1) is 9.62. The van der Waals surface area contributed by atoms with Gasteiger partial charge in [-0.1, -0.05) is 25.5 Å². The third-order valence-corrected chi connectivity index (χ3v) is 3.63. The summed E-state index contributed by atoms with van der Waals surface area (Å²) < 4.78 is 18.8. The second-order valence-electron chi connectivity index (χ2n) is 5.04. The number of benzene rings is 1. The van der Waals surface area contributed by atoms with E-state index in [2.05, 4.69) is 6.92 Å². The molecule has 0 bridgehead atoms. The third-order valence-electron chi connectivity index (χ3n) is 3.63. The highest BCUT2D eigenvalue weighted by molar-refractivity contribution is 5.81. The highest BCUT2D eigenvalue weighted by Gasteiger charge is 2.14. The lowest BCUT2D eigenvalue weighted by Crippen LogP contribution is -2.11. The first kappa shape index (κ1) is 16.6. The fourth-order valence-electron chi connectivity index (χ4n) is 2.30.